The molecular weight excluding hydrogens is 316 g/mol. The fraction of sp³-hybridized carbons (Fsp3) is 0.316. The molecule has 25 heavy (non-hydrogen) atoms. The number of hydrogen-bond acceptors (Lipinski definition) is 4. The SMILES string of the molecule is Cc1[nH]nc2ncc(NC(=O)CCCOCCc3ccccc3)cc12. The van der Waals surface area contributed by atoms with E-state index in [1.54, 1.807) is 6.20 Å². The molecule has 2 heterocycles. The van der Waals surface area contributed by atoms with E-state index in [4.69, 9.17) is 4.74 Å². The van der Waals surface area contributed by atoms with E-state index < -0.39 is 0 Å². The number of aromatic nitrogens is 3. The van der Waals surface area contributed by atoms with Gasteiger partial charge in [0.1, 0.15) is 0 Å². The van der Waals surface area contributed by atoms with Gasteiger partial charge in [-0.25, -0.2) is 4.98 Å². The van der Waals surface area contributed by atoms with Crippen LogP contribution >= 0.6 is 0 Å². The molecule has 3 aromatic rings. The van der Waals surface area contributed by atoms with Gasteiger partial charge in [-0.15, -0.1) is 0 Å². The van der Waals surface area contributed by atoms with Gasteiger partial charge in [0.25, 0.3) is 0 Å². The van der Waals surface area contributed by atoms with Gasteiger partial charge in [0.15, 0.2) is 5.65 Å². The number of pyridine rings is 1. The maximum atomic E-state index is 12.0. The number of fused-ring (bicyclic) bond motifs is 1. The normalized spacial score (nSPS) is 10.9. The van der Waals surface area contributed by atoms with Crippen LogP contribution in [0, 0.1) is 6.92 Å². The quantitative estimate of drug-likeness (QED) is 0.618. The summed E-state index contributed by atoms with van der Waals surface area (Å²) in [5, 5.41) is 10.7. The zero-order valence-electron chi connectivity index (χ0n) is 14.3. The predicted molar refractivity (Wildman–Crippen MR) is 97.5 cm³/mol. The van der Waals surface area contributed by atoms with Crippen LogP contribution in [0.1, 0.15) is 24.1 Å². The van der Waals surface area contributed by atoms with Crippen molar-refractivity contribution in [2.75, 3.05) is 18.5 Å². The molecule has 0 bridgehead atoms. The van der Waals surface area contributed by atoms with Crippen molar-refractivity contribution in [2.45, 2.75) is 26.2 Å². The van der Waals surface area contributed by atoms with Crippen LogP contribution in [-0.2, 0) is 16.0 Å². The van der Waals surface area contributed by atoms with E-state index in [0.717, 1.165) is 17.5 Å². The Labute approximate surface area is 146 Å². The van der Waals surface area contributed by atoms with Crippen LogP contribution in [-0.4, -0.2) is 34.3 Å². The molecule has 6 nitrogen and oxygen atoms in total. The molecule has 0 aliphatic carbocycles. The topological polar surface area (TPSA) is 79.9 Å². The first-order valence-electron chi connectivity index (χ1n) is 8.44. The summed E-state index contributed by atoms with van der Waals surface area (Å²) in [6, 6.07) is 12.1. The van der Waals surface area contributed by atoms with Crippen LogP contribution in [0.5, 0.6) is 0 Å². The summed E-state index contributed by atoms with van der Waals surface area (Å²) >= 11 is 0. The van der Waals surface area contributed by atoms with Gasteiger partial charge in [-0.05, 0) is 31.4 Å². The number of H-pyrrole nitrogens is 1. The molecule has 6 heteroatoms. The summed E-state index contributed by atoms with van der Waals surface area (Å²) < 4.78 is 5.60. The van der Waals surface area contributed by atoms with Crippen molar-refractivity contribution in [2.24, 2.45) is 0 Å². The van der Waals surface area contributed by atoms with Gasteiger partial charge in [0.05, 0.1) is 18.5 Å². The smallest absolute Gasteiger partial charge is 0.224 e. The number of carbonyl (C=O) groups excluding carboxylic acids is 1. The van der Waals surface area contributed by atoms with Gasteiger partial charge < -0.3 is 10.1 Å². The van der Waals surface area contributed by atoms with E-state index in [0.29, 0.717) is 37.4 Å². The van der Waals surface area contributed by atoms with E-state index >= 15 is 0 Å². The molecule has 2 N–H and O–H groups in total. The number of anilines is 1. The van der Waals surface area contributed by atoms with Crippen LogP contribution in [0.25, 0.3) is 11.0 Å². The fourth-order valence-electron chi connectivity index (χ4n) is 2.58. The molecule has 2 aromatic heterocycles. The second kappa shape index (κ2) is 8.39. The summed E-state index contributed by atoms with van der Waals surface area (Å²) in [5.74, 6) is -0.0334. The number of benzene rings is 1. The summed E-state index contributed by atoms with van der Waals surface area (Å²) in [4.78, 5) is 16.2. The Morgan fingerprint density at radius 1 is 1.24 bits per heavy atom. The molecule has 0 unspecified atom stereocenters. The van der Waals surface area contributed by atoms with Crippen LogP contribution < -0.4 is 5.32 Å². The van der Waals surface area contributed by atoms with Crippen molar-refractivity contribution < 1.29 is 9.53 Å². The Balaban J connectivity index is 1.35. The second-order valence-electron chi connectivity index (χ2n) is 5.94. The Kier molecular flexibility index (Phi) is 5.74. The molecule has 0 atom stereocenters. The van der Waals surface area contributed by atoms with E-state index in [9.17, 15) is 4.79 Å². The number of carbonyl (C=O) groups is 1. The number of aromatic amines is 1. The summed E-state index contributed by atoms with van der Waals surface area (Å²) in [6.07, 6.45) is 3.63. The summed E-state index contributed by atoms with van der Waals surface area (Å²) in [7, 11) is 0. The largest absolute Gasteiger partial charge is 0.381 e. The molecule has 0 aliphatic heterocycles. The maximum Gasteiger partial charge on any atom is 0.224 e. The highest BCUT2D eigenvalue weighted by Gasteiger charge is 2.07. The predicted octanol–water partition coefficient (Wildman–Crippen LogP) is 3.24. The van der Waals surface area contributed by atoms with Crippen molar-refractivity contribution in [3.05, 3.63) is 53.9 Å². The fourth-order valence-corrected chi connectivity index (χ4v) is 2.58. The number of ether oxygens (including phenoxy) is 1. The highest BCUT2D eigenvalue weighted by molar-refractivity contribution is 5.92. The average molecular weight is 338 g/mol. The van der Waals surface area contributed by atoms with Crippen molar-refractivity contribution in [1.29, 1.82) is 0 Å². The molecule has 0 saturated heterocycles. The van der Waals surface area contributed by atoms with Crippen LogP contribution in [0.15, 0.2) is 42.6 Å². The van der Waals surface area contributed by atoms with Crippen LogP contribution in [0.3, 0.4) is 0 Å². The molecule has 0 radical (unpaired) electrons. The lowest BCUT2D eigenvalue weighted by Crippen LogP contribution is -2.12. The monoisotopic (exact) mass is 338 g/mol. The average Bonchev–Trinajstić information content (AvgIpc) is 2.99. The Hall–Kier alpha value is -2.73. The number of rotatable bonds is 8. The minimum absolute atomic E-state index is 0.0334. The number of nitrogens with one attached hydrogen (secondary N) is 2. The maximum absolute atomic E-state index is 12.0. The Bertz CT molecular complexity index is 830. The Morgan fingerprint density at radius 3 is 2.92 bits per heavy atom. The molecule has 1 aromatic carbocycles. The van der Waals surface area contributed by atoms with Crippen molar-refractivity contribution in [1.82, 2.24) is 15.2 Å². The highest BCUT2D eigenvalue weighted by atomic mass is 16.5. The third-order valence-electron chi connectivity index (χ3n) is 3.95. The first-order valence-corrected chi connectivity index (χ1v) is 8.44. The summed E-state index contributed by atoms with van der Waals surface area (Å²) in [6.45, 7) is 3.18. The standard InChI is InChI=1S/C19H22N4O2/c1-14-17-12-16(13-20-19(17)23-22-14)21-18(24)8-5-10-25-11-9-15-6-3-2-4-7-15/h2-4,6-7,12-13H,5,8-11H2,1H3,(H,21,24)(H,20,22,23). The van der Waals surface area contributed by atoms with Gasteiger partial charge in [-0.3, -0.25) is 9.89 Å². The minimum Gasteiger partial charge on any atom is -0.381 e. The van der Waals surface area contributed by atoms with Gasteiger partial charge in [-0.1, -0.05) is 30.3 Å². The zero-order chi connectivity index (χ0) is 17.5. The van der Waals surface area contributed by atoms with Crippen LogP contribution in [0.2, 0.25) is 0 Å². The first kappa shape index (κ1) is 17.1. The number of nitrogens with zero attached hydrogens (tertiary/aromatic N) is 2. The molecule has 1 amide bonds. The molecular formula is C19H22N4O2. The molecule has 130 valence electrons. The van der Waals surface area contributed by atoms with Crippen molar-refractivity contribution in [3.63, 3.8) is 0 Å². The molecule has 0 fully saturated rings. The molecule has 3 rings (SSSR count). The van der Waals surface area contributed by atoms with E-state index in [-0.39, 0.29) is 5.91 Å². The van der Waals surface area contributed by atoms with Gasteiger partial charge in [-0.2, -0.15) is 5.10 Å². The van der Waals surface area contributed by atoms with Gasteiger partial charge in [0.2, 0.25) is 5.91 Å². The molecule has 0 spiro atoms. The number of amides is 1. The first-order chi connectivity index (χ1) is 12.2. The number of aryl methyl sites for hydroxylation is 1. The minimum atomic E-state index is -0.0334. The zero-order valence-corrected chi connectivity index (χ0v) is 14.3. The van der Waals surface area contributed by atoms with Crippen LogP contribution in [0.4, 0.5) is 5.69 Å². The third-order valence-corrected chi connectivity index (χ3v) is 3.95. The van der Waals surface area contributed by atoms with Gasteiger partial charge in [0, 0.05) is 24.1 Å². The van der Waals surface area contributed by atoms with Crippen molar-refractivity contribution >= 4 is 22.6 Å². The lowest BCUT2D eigenvalue weighted by Gasteiger charge is -2.06. The lowest BCUT2D eigenvalue weighted by molar-refractivity contribution is -0.116. The molecule has 0 aliphatic rings. The number of hydrogen-bond donors (Lipinski definition) is 2. The van der Waals surface area contributed by atoms with E-state index in [2.05, 4.69) is 32.6 Å². The van der Waals surface area contributed by atoms with Gasteiger partial charge >= 0.3 is 0 Å². The Morgan fingerprint density at radius 2 is 2.08 bits per heavy atom. The summed E-state index contributed by atoms with van der Waals surface area (Å²) in [5.41, 5.74) is 3.54. The second-order valence-corrected chi connectivity index (χ2v) is 5.94. The lowest BCUT2D eigenvalue weighted by atomic mass is 10.2. The highest BCUT2D eigenvalue weighted by Crippen LogP contribution is 2.17. The third kappa shape index (κ3) is 4.87. The van der Waals surface area contributed by atoms with E-state index in [1.807, 2.05) is 31.2 Å². The van der Waals surface area contributed by atoms with Crippen molar-refractivity contribution in [3.8, 4) is 0 Å². The molecule has 0 saturated carbocycles. The van der Waals surface area contributed by atoms with E-state index in [1.165, 1.54) is 5.56 Å².